The third kappa shape index (κ3) is 6.66. The van der Waals surface area contributed by atoms with Crippen molar-refractivity contribution in [1.29, 1.82) is 0 Å². The fourth-order valence-electron chi connectivity index (χ4n) is 2.62. The lowest BCUT2D eigenvalue weighted by Crippen LogP contribution is -2.39. The molecule has 1 atom stereocenters. The molecule has 2 amide bonds. The molecule has 0 aromatic carbocycles. The summed E-state index contributed by atoms with van der Waals surface area (Å²) in [6, 6.07) is 0.292. The first-order valence-electron chi connectivity index (χ1n) is 7.84. The van der Waals surface area contributed by atoms with Crippen LogP contribution in [0.25, 0.3) is 0 Å². The first-order valence-corrected chi connectivity index (χ1v) is 7.84. The van der Waals surface area contributed by atoms with Crippen molar-refractivity contribution >= 4 is 24.2 Å². The van der Waals surface area contributed by atoms with Crippen molar-refractivity contribution in [2.45, 2.75) is 52.0 Å². The summed E-state index contributed by atoms with van der Waals surface area (Å²) in [5.74, 6) is 0.194. The lowest BCUT2D eigenvalue weighted by molar-refractivity contribution is -0.137. The van der Waals surface area contributed by atoms with Crippen LogP contribution in [0.4, 0.5) is 0 Å². The number of likely N-dealkylation sites (N-methyl/N-ethyl adjacent to an activating group) is 1. The summed E-state index contributed by atoms with van der Waals surface area (Å²) in [6.07, 6.45) is 3.60. The smallest absolute Gasteiger partial charge is 0.223 e. The lowest BCUT2D eigenvalue weighted by Gasteiger charge is -2.25. The second-order valence-corrected chi connectivity index (χ2v) is 5.53. The molecule has 0 spiro atoms. The Hall–Kier alpha value is -0.810. The van der Waals surface area contributed by atoms with Crippen LogP contribution in [0.5, 0.6) is 0 Å². The Balaban J connectivity index is 0.00000400. The highest BCUT2D eigenvalue weighted by atomic mass is 35.5. The predicted octanol–water partition coefficient (Wildman–Crippen LogP) is 1.66. The van der Waals surface area contributed by atoms with E-state index < -0.39 is 0 Å². The first kappa shape index (κ1) is 20.2. The number of nitrogens with one attached hydrogen (secondary N) is 1. The zero-order chi connectivity index (χ0) is 15.0. The minimum absolute atomic E-state index is 0. The van der Waals surface area contributed by atoms with E-state index in [9.17, 15) is 9.59 Å². The van der Waals surface area contributed by atoms with Crippen LogP contribution in [0.1, 0.15) is 46.0 Å². The van der Waals surface area contributed by atoms with Crippen molar-refractivity contribution in [3.63, 3.8) is 0 Å². The quantitative estimate of drug-likeness (QED) is 0.740. The number of hydrogen-bond acceptors (Lipinski definition) is 3. The molecule has 1 N–H and O–H groups in total. The third-order valence-corrected chi connectivity index (χ3v) is 3.87. The topological polar surface area (TPSA) is 52.7 Å². The monoisotopic (exact) mass is 319 g/mol. The van der Waals surface area contributed by atoms with E-state index in [1.54, 1.807) is 4.90 Å². The van der Waals surface area contributed by atoms with Crippen molar-refractivity contribution in [1.82, 2.24) is 15.1 Å². The molecule has 6 heteroatoms. The van der Waals surface area contributed by atoms with Crippen molar-refractivity contribution in [2.75, 3.05) is 33.2 Å². The second-order valence-electron chi connectivity index (χ2n) is 5.53. The van der Waals surface area contributed by atoms with Gasteiger partial charge in [-0.3, -0.25) is 9.59 Å². The zero-order valence-electron chi connectivity index (χ0n) is 13.6. The molecular weight excluding hydrogens is 290 g/mol. The standard InChI is InChI=1S/C15H29N3O2.ClH/c1-4-10-18(11-5-2)15(20)7-6-14(19)17(3)13-8-9-16-12-13;/h13,16H,4-12H2,1-3H3;1H. The lowest BCUT2D eigenvalue weighted by atomic mass is 10.2. The van der Waals surface area contributed by atoms with Crippen molar-refractivity contribution in [3.8, 4) is 0 Å². The van der Waals surface area contributed by atoms with E-state index in [0.29, 0.717) is 18.9 Å². The van der Waals surface area contributed by atoms with Crippen LogP contribution in [-0.2, 0) is 9.59 Å². The summed E-state index contributed by atoms with van der Waals surface area (Å²) >= 11 is 0. The molecular formula is C15H30ClN3O2. The Kier molecular flexibility index (Phi) is 10.4. The Morgan fingerprint density at radius 1 is 1.10 bits per heavy atom. The van der Waals surface area contributed by atoms with Gasteiger partial charge in [-0.2, -0.15) is 0 Å². The first-order chi connectivity index (χ1) is 9.60. The molecule has 0 aromatic heterocycles. The number of amides is 2. The second kappa shape index (κ2) is 10.9. The average Bonchev–Trinajstić information content (AvgIpc) is 2.97. The highest BCUT2D eigenvalue weighted by molar-refractivity contribution is 5.85. The molecule has 1 saturated heterocycles. The van der Waals surface area contributed by atoms with Crippen LogP contribution in [0.15, 0.2) is 0 Å². The van der Waals surface area contributed by atoms with E-state index in [2.05, 4.69) is 19.2 Å². The van der Waals surface area contributed by atoms with Crippen LogP contribution in [-0.4, -0.2) is 60.9 Å². The molecule has 1 heterocycles. The third-order valence-electron chi connectivity index (χ3n) is 3.87. The van der Waals surface area contributed by atoms with Gasteiger partial charge in [-0.05, 0) is 25.8 Å². The minimum atomic E-state index is 0. The maximum atomic E-state index is 12.1. The highest BCUT2D eigenvalue weighted by Crippen LogP contribution is 2.09. The Morgan fingerprint density at radius 3 is 2.14 bits per heavy atom. The Morgan fingerprint density at radius 2 is 1.67 bits per heavy atom. The van der Waals surface area contributed by atoms with E-state index in [0.717, 1.165) is 45.4 Å². The minimum Gasteiger partial charge on any atom is -0.343 e. The maximum Gasteiger partial charge on any atom is 0.223 e. The van der Waals surface area contributed by atoms with Crippen molar-refractivity contribution in [2.24, 2.45) is 0 Å². The molecule has 21 heavy (non-hydrogen) atoms. The van der Waals surface area contributed by atoms with Crippen LogP contribution in [0, 0.1) is 0 Å². The highest BCUT2D eigenvalue weighted by Gasteiger charge is 2.23. The van der Waals surface area contributed by atoms with Gasteiger partial charge in [-0.1, -0.05) is 13.8 Å². The van der Waals surface area contributed by atoms with Crippen LogP contribution < -0.4 is 5.32 Å². The van der Waals surface area contributed by atoms with E-state index >= 15 is 0 Å². The number of halogens is 1. The van der Waals surface area contributed by atoms with Gasteiger partial charge in [-0.15, -0.1) is 12.4 Å². The molecule has 1 aliphatic heterocycles. The predicted molar refractivity (Wildman–Crippen MR) is 87.7 cm³/mol. The van der Waals surface area contributed by atoms with Gasteiger partial charge >= 0.3 is 0 Å². The zero-order valence-corrected chi connectivity index (χ0v) is 14.4. The Bertz CT molecular complexity index is 300. The van der Waals surface area contributed by atoms with E-state index in [1.165, 1.54) is 0 Å². The van der Waals surface area contributed by atoms with Gasteiger partial charge in [0.1, 0.15) is 0 Å². The number of hydrogen-bond donors (Lipinski definition) is 1. The largest absolute Gasteiger partial charge is 0.343 e. The van der Waals surface area contributed by atoms with Gasteiger partial charge in [0, 0.05) is 45.6 Å². The molecule has 124 valence electrons. The summed E-state index contributed by atoms with van der Waals surface area (Å²) < 4.78 is 0. The molecule has 1 fully saturated rings. The SMILES string of the molecule is CCCN(CCC)C(=O)CCC(=O)N(C)C1CCNC1.Cl. The molecule has 0 aromatic rings. The number of carbonyl (C=O) groups excluding carboxylic acids is 2. The van der Waals surface area contributed by atoms with Crippen LogP contribution in [0.3, 0.4) is 0 Å². The van der Waals surface area contributed by atoms with E-state index in [1.807, 2.05) is 11.9 Å². The summed E-state index contributed by atoms with van der Waals surface area (Å²) in [5, 5.41) is 3.26. The molecule has 1 unspecified atom stereocenters. The molecule has 0 saturated carbocycles. The van der Waals surface area contributed by atoms with E-state index in [4.69, 9.17) is 0 Å². The van der Waals surface area contributed by atoms with Gasteiger partial charge in [0.2, 0.25) is 11.8 Å². The Labute approximate surface area is 134 Å². The molecule has 0 aliphatic carbocycles. The average molecular weight is 320 g/mol. The van der Waals surface area contributed by atoms with Crippen LogP contribution >= 0.6 is 12.4 Å². The van der Waals surface area contributed by atoms with Gasteiger partial charge in [0.05, 0.1) is 0 Å². The fourth-order valence-corrected chi connectivity index (χ4v) is 2.62. The summed E-state index contributed by atoms with van der Waals surface area (Å²) in [4.78, 5) is 27.9. The fraction of sp³-hybridized carbons (Fsp3) is 0.867. The molecule has 1 rings (SSSR count). The number of nitrogens with zero attached hydrogens (tertiary/aromatic N) is 2. The summed E-state index contributed by atoms with van der Waals surface area (Å²) in [7, 11) is 1.85. The van der Waals surface area contributed by atoms with Gasteiger partial charge in [-0.25, -0.2) is 0 Å². The number of carbonyl (C=O) groups is 2. The van der Waals surface area contributed by atoms with Gasteiger partial charge in [0.15, 0.2) is 0 Å². The molecule has 0 bridgehead atoms. The van der Waals surface area contributed by atoms with Gasteiger partial charge in [0.25, 0.3) is 0 Å². The maximum absolute atomic E-state index is 12.1. The number of rotatable bonds is 8. The van der Waals surface area contributed by atoms with E-state index in [-0.39, 0.29) is 24.2 Å². The van der Waals surface area contributed by atoms with Crippen molar-refractivity contribution in [3.05, 3.63) is 0 Å². The molecule has 5 nitrogen and oxygen atoms in total. The normalized spacial score (nSPS) is 17.2. The summed E-state index contributed by atoms with van der Waals surface area (Å²) in [6.45, 7) is 7.58. The van der Waals surface area contributed by atoms with Crippen LogP contribution in [0.2, 0.25) is 0 Å². The van der Waals surface area contributed by atoms with Gasteiger partial charge < -0.3 is 15.1 Å². The summed E-state index contributed by atoms with van der Waals surface area (Å²) in [5.41, 5.74) is 0. The molecule has 1 aliphatic rings. The molecule has 0 radical (unpaired) electrons. The van der Waals surface area contributed by atoms with Crippen molar-refractivity contribution < 1.29 is 9.59 Å².